The minimum Gasteiger partial charge on any atom is -0.496 e. The quantitative estimate of drug-likeness (QED) is 0.672. The molecule has 0 spiro atoms. The molecule has 0 fully saturated rings. The lowest BCUT2D eigenvalue weighted by atomic mass is 9.95. The fourth-order valence-electron chi connectivity index (χ4n) is 2.37. The normalized spacial score (nSPS) is 12.3. The average molecular weight is 292 g/mol. The summed E-state index contributed by atoms with van der Waals surface area (Å²) in [5.41, 5.74) is 4.31. The number of ether oxygens (including phenoxy) is 1. The van der Waals surface area contributed by atoms with E-state index in [1.54, 1.807) is 32.2 Å². The first-order valence-electron chi connectivity index (χ1n) is 6.54. The van der Waals surface area contributed by atoms with E-state index in [0.29, 0.717) is 16.9 Å². The van der Waals surface area contributed by atoms with Crippen LogP contribution in [0.4, 0.5) is 8.78 Å². The van der Waals surface area contributed by atoms with Crippen molar-refractivity contribution >= 4 is 0 Å². The summed E-state index contributed by atoms with van der Waals surface area (Å²) in [7, 11) is 1.57. The lowest BCUT2D eigenvalue weighted by molar-refractivity contribution is 0.411. The van der Waals surface area contributed by atoms with Gasteiger partial charge >= 0.3 is 0 Å². The number of aryl methyl sites for hydroxylation is 2. The number of benzene rings is 2. The third-order valence-corrected chi connectivity index (χ3v) is 3.53. The molecule has 21 heavy (non-hydrogen) atoms. The van der Waals surface area contributed by atoms with E-state index in [-0.39, 0.29) is 5.56 Å². The molecule has 2 rings (SSSR count). The molecule has 112 valence electrons. The van der Waals surface area contributed by atoms with Gasteiger partial charge in [-0.15, -0.1) is 0 Å². The van der Waals surface area contributed by atoms with Crippen molar-refractivity contribution in [3.63, 3.8) is 0 Å². The maximum Gasteiger partial charge on any atom is 0.134 e. The van der Waals surface area contributed by atoms with Crippen LogP contribution < -0.4 is 16.0 Å². The van der Waals surface area contributed by atoms with Crippen LogP contribution in [0.1, 0.15) is 28.3 Å². The molecule has 3 nitrogen and oxygen atoms in total. The highest BCUT2D eigenvalue weighted by molar-refractivity contribution is 5.42. The van der Waals surface area contributed by atoms with Crippen LogP contribution in [0.3, 0.4) is 0 Å². The van der Waals surface area contributed by atoms with Crippen molar-refractivity contribution in [3.05, 3.63) is 64.2 Å². The number of hydrogen-bond donors (Lipinski definition) is 2. The van der Waals surface area contributed by atoms with Gasteiger partial charge in [-0.05, 0) is 42.7 Å². The van der Waals surface area contributed by atoms with Crippen molar-refractivity contribution in [1.82, 2.24) is 5.43 Å². The molecular formula is C16H18F2N2O. The molecule has 2 aromatic carbocycles. The molecule has 0 saturated heterocycles. The van der Waals surface area contributed by atoms with E-state index < -0.39 is 17.7 Å². The Morgan fingerprint density at radius 1 is 1.10 bits per heavy atom. The zero-order valence-corrected chi connectivity index (χ0v) is 12.2. The molecule has 0 bridgehead atoms. The molecule has 0 saturated carbocycles. The maximum absolute atomic E-state index is 14.3. The van der Waals surface area contributed by atoms with E-state index in [1.165, 1.54) is 12.1 Å². The Morgan fingerprint density at radius 3 is 2.38 bits per heavy atom. The van der Waals surface area contributed by atoms with Gasteiger partial charge in [-0.25, -0.2) is 14.2 Å². The van der Waals surface area contributed by atoms with E-state index in [2.05, 4.69) is 5.43 Å². The van der Waals surface area contributed by atoms with E-state index >= 15 is 0 Å². The standard InChI is InChI=1S/C16H18F2N2O/c1-9-4-6-12(17)14(15(9)18)16(20-19)11-5-7-13(21-3)10(2)8-11/h4-8,16,20H,19H2,1-3H3. The zero-order chi connectivity index (χ0) is 15.6. The van der Waals surface area contributed by atoms with Crippen molar-refractivity contribution in [2.75, 3.05) is 7.11 Å². The van der Waals surface area contributed by atoms with Crippen LogP contribution in [0.25, 0.3) is 0 Å². The smallest absolute Gasteiger partial charge is 0.134 e. The van der Waals surface area contributed by atoms with Gasteiger partial charge in [0.2, 0.25) is 0 Å². The Balaban J connectivity index is 2.55. The second-order valence-corrected chi connectivity index (χ2v) is 4.92. The van der Waals surface area contributed by atoms with Crippen LogP contribution in [0.5, 0.6) is 5.75 Å². The van der Waals surface area contributed by atoms with Gasteiger partial charge in [-0.3, -0.25) is 5.84 Å². The summed E-state index contributed by atoms with van der Waals surface area (Å²) in [6, 6.07) is 7.16. The summed E-state index contributed by atoms with van der Waals surface area (Å²) in [6.07, 6.45) is 0. The molecule has 0 radical (unpaired) electrons. The Kier molecular flexibility index (Phi) is 4.55. The Hall–Kier alpha value is -1.98. The number of nitrogens with two attached hydrogens (primary N) is 1. The molecule has 0 aliphatic heterocycles. The van der Waals surface area contributed by atoms with Gasteiger partial charge in [-0.1, -0.05) is 18.2 Å². The highest BCUT2D eigenvalue weighted by Crippen LogP contribution is 2.30. The molecule has 0 amide bonds. The van der Waals surface area contributed by atoms with Crippen LogP contribution in [-0.4, -0.2) is 7.11 Å². The van der Waals surface area contributed by atoms with E-state index in [9.17, 15) is 8.78 Å². The van der Waals surface area contributed by atoms with Crippen LogP contribution in [0.2, 0.25) is 0 Å². The van der Waals surface area contributed by atoms with Crippen LogP contribution in [0.15, 0.2) is 30.3 Å². The Morgan fingerprint density at radius 2 is 1.81 bits per heavy atom. The van der Waals surface area contributed by atoms with Gasteiger partial charge in [-0.2, -0.15) is 0 Å². The van der Waals surface area contributed by atoms with Gasteiger partial charge in [0.1, 0.15) is 17.4 Å². The fraction of sp³-hybridized carbons (Fsp3) is 0.250. The topological polar surface area (TPSA) is 47.3 Å². The van der Waals surface area contributed by atoms with E-state index in [1.807, 2.05) is 6.92 Å². The molecule has 0 heterocycles. The largest absolute Gasteiger partial charge is 0.496 e. The molecule has 5 heteroatoms. The van der Waals surface area contributed by atoms with Crippen molar-refractivity contribution in [3.8, 4) is 5.75 Å². The van der Waals surface area contributed by atoms with Crippen molar-refractivity contribution in [1.29, 1.82) is 0 Å². The van der Waals surface area contributed by atoms with Crippen molar-refractivity contribution < 1.29 is 13.5 Å². The number of rotatable bonds is 4. The molecule has 3 N–H and O–H groups in total. The highest BCUT2D eigenvalue weighted by Gasteiger charge is 2.22. The van der Waals surface area contributed by atoms with E-state index in [4.69, 9.17) is 10.6 Å². The third-order valence-electron chi connectivity index (χ3n) is 3.53. The average Bonchev–Trinajstić information content (AvgIpc) is 2.47. The van der Waals surface area contributed by atoms with Crippen LogP contribution in [0, 0.1) is 25.5 Å². The minimum atomic E-state index is -0.769. The molecule has 1 atom stereocenters. The fourth-order valence-corrected chi connectivity index (χ4v) is 2.37. The molecule has 2 aromatic rings. The Labute approximate surface area is 122 Å². The van der Waals surface area contributed by atoms with Crippen molar-refractivity contribution in [2.24, 2.45) is 5.84 Å². The molecular weight excluding hydrogens is 274 g/mol. The highest BCUT2D eigenvalue weighted by atomic mass is 19.1. The molecule has 0 aromatic heterocycles. The first-order valence-corrected chi connectivity index (χ1v) is 6.54. The minimum absolute atomic E-state index is 0.0814. The summed E-state index contributed by atoms with van der Waals surface area (Å²) < 4.78 is 33.5. The second kappa shape index (κ2) is 6.20. The van der Waals surface area contributed by atoms with Gasteiger partial charge in [0.25, 0.3) is 0 Å². The summed E-state index contributed by atoms with van der Waals surface area (Å²) in [5, 5.41) is 0. The predicted octanol–water partition coefficient (Wildman–Crippen LogP) is 3.14. The Bertz CT molecular complexity index is 659. The zero-order valence-electron chi connectivity index (χ0n) is 12.2. The lowest BCUT2D eigenvalue weighted by Crippen LogP contribution is -2.30. The number of halogens is 2. The first kappa shape index (κ1) is 15.4. The van der Waals surface area contributed by atoms with Gasteiger partial charge in [0.05, 0.1) is 13.2 Å². The summed E-state index contributed by atoms with van der Waals surface area (Å²) >= 11 is 0. The number of hydrazine groups is 1. The third kappa shape index (κ3) is 2.89. The van der Waals surface area contributed by atoms with Crippen molar-refractivity contribution in [2.45, 2.75) is 19.9 Å². The number of hydrogen-bond acceptors (Lipinski definition) is 3. The van der Waals surface area contributed by atoms with E-state index in [0.717, 1.165) is 5.56 Å². The van der Waals surface area contributed by atoms with Gasteiger partial charge in [0, 0.05) is 5.56 Å². The number of nitrogens with one attached hydrogen (secondary N) is 1. The lowest BCUT2D eigenvalue weighted by Gasteiger charge is -2.20. The van der Waals surface area contributed by atoms with Crippen LogP contribution >= 0.6 is 0 Å². The monoisotopic (exact) mass is 292 g/mol. The molecule has 1 unspecified atom stereocenters. The van der Waals surface area contributed by atoms with Gasteiger partial charge in [0.15, 0.2) is 0 Å². The second-order valence-electron chi connectivity index (χ2n) is 4.92. The molecule has 0 aliphatic carbocycles. The summed E-state index contributed by atoms with van der Waals surface area (Å²) in [4.78, 5) is 0. The SMILES string of the molecule is COc1ccc(C(NN)c2c(F)ccc(C)c2F)cc1C. The maximum atomic E-state index is 14.3. The predicted molar refractivity (Wildman–Crippen MR) is 78.0 cm³/mol. The summed E-state index contributed by atoms with van der Waals surface area (Å²) in [6.45, 7) is 3.45. The molecule has 0 aliphatic rings. The summed E-state index contributed by atoms with van der Waals surface area (Å²) in [5.74, 6) is 5.02. The number of methoxy groups -OCH3 is 1. The van der Waals surface area contributed by atoms with Gasteiger partial charge < -0.3 is 4.74 Å². The van der Waals surface area contributed by atoms with Crippen LogP contribution in [-0.2, 0) is 0 Å². The first-order chi connectivity index (χ1) is 9.99.